The fraction of sp³-hybridized carbons (Fsp3) is 0.286. The highest BCUT2D eigenvalue weighted by Crippen LogP contribution is 2.26. The van der Waals surface area contributed by atoms with Crippen molar-refractivity contribution in [2.24, 2.45) is 5.92 Å². The third-order valence-electron chi connectivity index (χ3n) is 4.71. The van der Waals surface area contributed by atoms with Crippen LogP contribution in [0.5, 0.6) is 5.75 Å². The van der Waals surface area contributed by atoms with Gasteiger partial charge in [0.05, 0.1) is 19.3 Å². The van der Waals surface area contributed by atoms with E-state index in [-0.39, 0.29) is 5.91 Å². The van der Waals surface area contributed by atoms with E-state index < -0.39 is 0 Å². The van der Waals surface area contributed by atoms with Crippen LogP contribution in [0.25, 0.3) is 11.0 Å². The van der Waals surface area contributed by atoms with Gasteiger partial charge in [0, 0.05) is 23.4 Å². The monoisotopic (exact) mass is 335 g/mol. The van der Waals surface area contributed by atoms with Crippen molar-refractivity contribution < 1.29 is 13.9 Å². The van der Waals surface area contributed by atoms with Gasteiger partial charge in [0.15, 0.2) is 0 Å². The van der Waals surface area contributed by atoms with Gasteiger partial charge in [-0.25, -0.2) is 0 Å². The second-order valence-electron chi connectivity index (χ2n) is 6.73. The van der Waals surface area contributed by atoms with Gasteiger partial charge in [-0.2, -0.15) is 0 Å². The molecule has 1 N–H and O–H groups in total. The van der Waals surface area contributed by atoms with E-state index in [1.807, 2.05) is 43.3 Å². The molecule has 1 amide bonds. The smallest absolute Gasteiger partial charge is 0.224 e. The number of ether oxygens (including phenoxy) is 1. The minimum atomic E-state index is 0.0159. The van der Waals surface area contributed by atoms with E-state index in [0.717, 1.165) is 34.3 Å². The Morgan fingerprint density at radius 2 is 2.12 bits per heavy atom. The first-order chi connectivity index (χ1) is 12.2. The van der Waals surface area contributed by atoms with Crippen molar-refractivity contribution in [1.82, 2.24) is 5.32 Å². The van der Waals surface area contributed by atoms with Gasteiger partial charge in [-0.15, -0.1) is 0 Å². The molecule has 3 aromatic rings. The van der Waals surface area contributed by atoms with Crippen molar-refractivity contribution in [2.75, 3.05) is 13.2 Å². The Morgan fingerprint density at radius 1 is 1.24 bits per heavy atom. The molecule has 1 aromatic heterocycles. The van der Waals surface area contributed by atoms with E-state index in [9.17, 15) is 4.79 Å². The fourth-order valence-electron chi connectivity index (χ4n) is 3.34. The summed E-state index contributed by atoms with van der Waals surface area (Å²) in [4.78, 5) is 12.3. The number of para-hydroxylation sites is 1. The molecule has 25 heavy (non-hydrogen) atoms. The van der Waals surface area contributed by atoms with Crippen LogP contribution in [0, 0.1) is 12.8 Å². The first-order valence-electron chi connectivity index (χ1n) is 8.63. The number of furan rings is 1. The van der Waals surface area contributed by atoms with E-state index >= 15 is 0 Å². The summed E-state index contributed by atoms with van der Waals surface area (Å²) >= 11 is 0. The molecule has 4 rings (SSSR count). The molecule has 0 fully saturated rings. The zero-order chi connectivity index (χ0) is 17.2. The molecule has 0 spiro atoms. The SMILES string of the molecule is Cc1ccc2c(CC(=O)NC[C@@H]3COc4ccccc4C3)coc2c1. The average molecular weight is 335 g/mol. The van der Waals surface area contributed by atoms with Gasteiger partial charge < -0.3 is 14.5 Å². The van der Waals surface area contributed by atoms with Crippen LogP contribution in [0.1, 0.15) is 16.7 Å². The molecule has 1 aliphatic rings. The van der Waals surface area contributed by atoms with Gasteiger partial charge in [0.1, 0.15) is 11.3 Å². The molecular formula is C21H21NO3. The molecule has 4 nitrogen and oxygen atoms in total. The molecule has 0 saturated heterocycles. The normalized spacial score (nSPS) is 16.3. The predicted octanol–water partition coefficient (Wildman–Crippen LogP) is 3.65. The van der Waals surface area contributed by atoms with Crippen molar-refractivity contribution in [1.29, 1.82) is 0 Å². The lowest BCUT2D eigenvalue weighted by atomic mass is 9.96. The predicted molar refractivity (Wildman–Crippen MR) is 96.8 cm³/mol. The van der Waals surface area contributed by atoms with E-state index in [1.54, 1.807) is 6.26 Å². The summed E-state index contributed by atoms with van der Waals surface area (Å²) in [7, 11) is 0. The quantitative estimate of drug-likeness (QED) is 0.792. The van der Waals surface area contributed by atoms with Crippen molar-refractivity contribution in [3.05, 3.63) is 65.4 Å². The minimum Gasteiger partial charge on any atom is -0.493 e. The van der Waals surface area contributed by atoms with Crippen LogP contribution < -0.4 is 10.1 Å². The van der Waals surface area contributed by atoms with Gasteiger partial charge in [-0.05, 0) is 36.6 Å². The first kappa shape index (κ1) is 15.8. The zero-order valence-electron chi connectivity index (χ0n) is 14.2. The Labute approximate surface area is 146 Å². The van der Waals surface area contributed by atoms with E-state index in [0.29, 0.717) is 25.5 Å². The molecule has 4 heteroatoms. The van der Waals surface area contributed by atoms with E-state index in [1.165, 1.54) is 5.56 Å². The van der Waals surface area contributed by atoms with Crippen LogP contribution in [0.3, 0.4) is 0 Å². The van der Waals surface area contributed by atoms with Gasteiger partial charge in [0.2, 0.25) is 5.91 Å². The molecular weight excluding hydrogens is 314 g/mol. The maximum atomic E-state index is 12.3. The van der Waals surface area contributed by atoms with Crippen LogP contribution >= 0.6 is 0 Å². The van der Waals surface area contributed by atoms with Crippen molar-refractivity contribution >= 4 is 16.9 Å². The molecule has 1 atom stereocenters. The molecule has 0 unspecified atom stereocenters. The number of nitrogens with one attached hydrogen (secondary N) is 1. The topological polar surface area (TPSA) is 51.5 Å². The summed E-state index contributed by atoms with van der Waals surface area (Å²) in [5.74, 6) is 1.29. The summed E-state index contributed by atoms with van der Waals surface area (Å²) in [6, 6.07) is 14.1. The van der Waals surface area contributed by atoms with Crippen LogP contribution in [-0.4, -0.2) is 19.1 Å². The number of benzene rings is 2. The average Bonchev–Trinajstić information content (AvgIpc) is 3.01. The summed E-state index contributed by atoms with van der Waals surface area (Å²) in [6.45, 7) is 3.30. The van der Waals surface area contributed by atoms with Crippen LogP contribution in [-0.2, 0) is 17.6 Å². The van der Waals surface area contributed by atoms with Gasteiger partial charge in [-0.3, -0.25) is 4.79 Å². The number of hydrogen-bond donors (Lipinski definition) is 1. The third kappa shape index (κ3) is 3.38. The molecule has 0 radical (unpaired) electrons. The summed E-state index contributed by atoms with van der Waals surface area (Å²) in [5, 5.41) is 4.05. The molecule has 1 aliphatic heterocycles. The van der Waals surface area contributed by atoms with Gasteiger partial charge in [-0.1, -0.05) is 30.3 Å². The van der Waals surface area contributed by atoms with Crippen LogP contribution in [0.2, 0.25) is 0 Å². The summed E-state index contributed by atoms with van der Waals surface area (Å²) in [5.41, 5.74) is 4.12. The number of rotatable bonds is 4. The maximum absolute atomic E-state index is 12.3. The minimum absolute atomic E-state index is 0.0159. The second kappa shape index (κ2) is 6.63. The third-order valence-corrected chi connectivity index (χ3v) is 4.71. The lowest BCUT2D eigenvalue weighted by molar-refractivity contribution is -0.120. The molecule has 2 heterocycles. The fourth-order valence-corrected chi connectivity index (χ4v) is 3.34. The number of fused-ring (bicyclic) bond motifs is 2. The highest BCUT2D eigenvalue weighted by Gasteiger charge is 2.20. The number of carbonyl (C=O) groups is 1. The van der Waals surface area contributed by atoms with Crippen molar-refractivity contribution in [3.63, 3.8) is 0 Å². The number of aryl methyl sites for hydroxylation is 1. The van der Waals surface area contributed by atoms with Crippen LogP contribution in [0.4, 0.5) is 0 Å². The number of amides is 1. The second-order valence-corrected chi connectivity index (χ2v) is 6.73. The maximum Gasteiger partial charge on any atom is 0.224 e. The molecule has 128 valence electrons. The van der Waals surface area contributed by atoms with Crippen molar-refractivity contribution in [2.45, 2.75) is 19.8 Å². The Hall–Kier alpha value is -2.75. The largest absolute Gasteiger partial charge is 0.493 e. The van der Waals surface area contributed by atoms with Gasteiger partial charge >= 0.3 is 0 Å². The molecule has 2 aromatic carbocycles. The highest BCUT2D eigenvalue weighted by atomic mass is 16.5. The van der Waals surface area contributed by atoms with E-state index in [2.05, 4.69) is 11.4 Å². The Morgan fingerprint density at radius 3 is 3.04 bits per heavy atom. The lowest BCUT2D eigenvalue weighted by Gasteiger charge is -2.25. The Balaban J connectivity index is 1.35. The molecule has 0 saturated carbocycles. The van der Waals surface area contributed by atoms with Gasteiger partial charge in [0.25, 0.3) is 0 Å². The number of hydrogen-bond acceptors (Lipinski definition) is 3. The molecule has 0 bridgehead atoms. The summed E-state index contributed by atoms with van der Waals surface area (Å²) in [6.07, 6.45) is 2.95. The standard InChI is InChI=1S/C21H21NO3/c1-14-6-7-18-17(13-25-20(18)8-14)10-21(23)22-11-15-9-16-4-2-3-5-19(16)24-12-15/h2-8,13,15H,9-12H2,1H3,(H,22,23)/t15-/m1/s1. The van der Waals surface area contributed by atoms with Crippen LogP contribution in [0.15, 0.2) is 53.1 Å². The zero-order valence-corrected chi connectivity index (χ0v) is 14.2. The number of carbonyl (C=O) groups excluding carboxylic acids is 1. The first-order valence-corrected chi connectivity index (χ1v) is 8.63. The lowest BCUT2D eigenvalue weighted by Crippen LogP contribution is -2.35. The summed E-state index contributed by atoms with van der Waals surface area (Å²) < 4.78 is 11.3. The van der Waals surface area contributed by atoms with Crippen molar-refractivity contribution in [3.8, 4) is 5.75 Å². The molecule has 0 aliphatic carbocycles. The van der Waals surface area contributed by atoms with E-state index in [4.69, 9.17) is 9.15 Å². The Kier molecular flexibility index (Phi) is 4.18. The Bertz CT molecular complexity index is 912. The highest BCUT2D eigenvalue weighted by molar-refractivity contribution is 5.87.